The van der Waals surface area contributed by atoms with Gasteiger partial charge in [0.1, 0.15) is 5.75 Å². The molecule has 0 aliphatic rings. The first-order valence-electron chi connectivity index (χ1n) is 2.86. The van der Waals surface area contributed by atoms with E-state index in [-0.39, 0.29) is 5.75 Å². The van der Waals surface area contributed by atoms with E-state index in [2.05, 4.69) is 4.18 Å². The van der Waals surface area contributed by atoms with Crippen LogP contribution in [-0.2, 0) is 11.0 Å². The molecule has 0 atom stereocenters. The number of nitrogens with two attached hydrogens (primary N) is 1. The largest absolute Gasteiger partial charge is 0.399 e. The van der Waals surface area contributed by atoms with Crippen molar-refractivity contribution in [3.05, 3.63) is 24.3 Å². The molecule has 0 unspecified atom stereocenters. The smallest absolute Gasteiger partial charge is 0.299 e. The van der Waals surface area contributed by atoms with E-state index in [0.717, 1.165) is 0 Å². The monoisotopic (exact) mass is 173 g/mol. The fourth-order valence-electron chi connectivity index (χ4n) is 0.615. The van der Waals surface area contributed by atoms with Crippen molar-refractivity contribution in [1.29, 1.82) is 0 Å². The average Bonchev–Trinajstić information content (AvgIpc) is 1.93. The van der Waals surface area contributed by atoms with Gasteiger partial charge in [-0.15, -0.1) is 0 Å². The second-order valence-electron chi connectivity index (χ2n) is 1.88. The van der Waals surface area contributed by atoms with E-state index in [4.69, 9.17) is 5.73 Å². The van der Waals surface area contributed by atoms with Crippen LogP contribution >= 0.6 is 0 Å². The van der Waals surface area contributed by atoms with Gasteiger partial charge in [-0.1, -0.05) is 0 Å². The third-order valence-electron chi connectivity index (χ3n) is 1.06. The molecule has 60 valence electrons. The van der Waals surface area contributed by atoms with E-state index >= 15 is 0 Å². The number of hydrogen-bond donors (Lipinski definition) is 2. The van der Waals surface area contributed by atoms with E-state index in [1.807, 2.05) is 0 Å². The van der Waals surface area contributed by atoms with Gasteiger partial charge in [0.05, 0.1) is 0 Å². The molecule has 1 rings (SSSR count). The van der Waals surface area contributed by atoms with Gasteiger partial charge in [-0.3, -0.25) is 0 Å². The molecule has 11 heavy (non-hydrogen) atoms. The van der Waals surface area contributed by atoms with E-state index < -0.39 is 11.0 Å². The lowest BCUT2D eigenvalue weighted by molar-refractivity contribution is 0.511. The third-order valence-corrected chi connectivity index (χ3v) is 1.42. The van der Waals surface area contributed by atoms with Crippen molar-refractivity contribution in [2.24, 2.45) is 0 Å². The molecule has 0 aliphatic heterocycles. The summed E-state index contributed by atoms with van der Waals surface area (Å²) < 4.78 is 24.4. The lowest BCUT2D eigenvalue weighted by Gasteiger charge is -1.96. The van der Waals surface area contributed by atoms with E-state index in [1.54, 1.807) is 12.1 Å². The number of nitrogen functional groups attached to an aromatic ring is 1. The van der Waals surface area contributed by atoms with Crippen LogP contribution in [-0.4, -0.2) is 8.42 Å². The Labute approximate surface area is 65.8 Å². The van der Waals surface area contributed by atoms with Crippen molar-refractivity contribution in [3.8, 4) is 5.75 Å². The molecule has 5 heteroatoms. The van der Waals surface area contributed by atoms with E-state index in [1.165, 1.54) is 12.1 Å². The van der Waals surface area contributed by atoms with Crippen LogP contribution < -0.4 is 9.92 Å². The van der Waals surface area contributed by atoms with Crippen LogP contribution in [0.1, 0.15) is 0 Å². The molecule has 0 aliphatic carbocycles. The summed E-state index contributed by atoms with van der Waals surface area (Å²) in [5.41, 5.74) is 5.92. The predicted molar refractivity (Wildman–Crippen MR) is 41.8 cm³/mol. The highest BCUT2D eigenvalue weighted by Crippen LogP contribution is 2.12. The standard InChI is InChI=1S/C6H7NO3S/c7-5-1-3-6(4-2-5)10-11(8)9/h1-4,11H,7H2. The summed E-state index contributed by atoms with van der Waals surface area (Å²) >= 11 is 0. The lowest BCUT2D eigenvalue weighted by Crippen LogP contribution is -1.90. The zero-order valence-electron chi connectivity index (χ0n) is 5.56. The zero-order valence-corrected chi connectivity index (χ0v) is 6.45. The Morgan fingerprint density at radius 2 is 1.73 bits per heavy atom. The number of hydrogen-bond acceptors (Lipinski definition) is 4. The molecule has 0 radical (unpaired) electrons. The molecule has 0 fully saturated rings. The van der Waals surface area contributed by atoms with Crippen LogP contribution in [0.15, 0.2) is 24.3 Å². The van der Waals surface area contributed by atoms with Gasteiger partial charge in [-0.2, -0.15) is 8.42 Å². The summed E-state index contributed by atoms with van der Waals surface area (Å²) in [6, 6.07) is 6.10. The SMILES string of the molecule is Nc1ccc(O[SH](=O)=O)cc1. The third kappa shape index (κ3) is 2.46. The zero-order chi connectivity index (χ0) is 8.27. The highest BCUT2D eigenvalue weighted by Gasteiger charge is 1.91. The van der Waals surface area contributed by atoms with E-state index in [0.29, 0.717) is 5.69 Å². The molecule has 0 aromatic heterocycles. The molecule has 2 N–H and O–H groups in total. The molecule has 0 bridgehead atoms. The van der Waals surface area contributed by atoms with E-state index in [9.17, 15) is 8.42 Å². The van der Waals surface area contributed by atoms with Gasteiger partial charge in [-0.05, 0) is 24.3 Å². The first-order valence-corrected chi connectivity index (χ1v) is 3.96. The Morgan fingerprint density at radius 3 is 2.18 bits per heavy atom. The maximum atomic E-state index is 10.0. The van der Waals surface area contributed by atoms with Crippen LogP contribution in [0.5, 0.6) is 5.75 Å². The minimum Gasteiger partial charge on any atom is -0.399 e. The van der Waals surface area contributed by atoms with Crippen LogP contribution in [0.2, 0.25) is 0 Å². The highest BCUT2D eigenvalue weighted by atomic mass is 32.2. The summed E-state index contributed by atoms with van der Waals surface area (Å²) in [4.78, 5) is 0. The normalized spacial score (nSPS) is 9.91. The molecule has 0 heterocycles. The summed E-state index contributed by atoms with van der Waals surface area (Å²) in [6.07, 6.45) is 0. The molecule has 0 spiro atoms. The van der Waals surface area contributed by atoms with Crippen molar-refractivity contribution in [2.75, 3.05) is 5.73 Å². The quantitative estimate of drug-likeness (QED) is 0.494. The summed E-state index contributed by atoms with van der Waals surface area (Å²) in [5.74, 6) is 0.273. The molecule has 0 saturated carbocycles. The average molecular weight is 173 g/mol. The molecular formula is C6H7NO3S. The van der Waals surface area contributed by atoms with Crippen LogP contribution in [0.3, 0.4) is 0 Å². The van der Waals surface area contributed by atoms with Crippen LogP contribution in [0.4, 0.5) is 5.69 Å². The first-order chi connectivity index (χ1) is 5.18. The second-order valence-corrected chi connectivity index (χ2v) is 2.51. The lowest BCUT2D eigenvalue weighted by atomic mass is 10.3. The Hall–Kier alpha value is -1.23. The Kier molecular flexibility index (Phi) is 2.32. The molecule has 4 nitrogen and oxygen atoms in total. The second kappa shape index (κ2) is 3.25. The predicted octanol–water partition coefficient (Wildman–Crippen LogP) is 0.174. The summed E-state index contributed by atoms with van der Waals surface area (Å²) in [5, 5.41) is 0. The van der Waals surface area contributed by atoms with Gasteiger partial charge >= 0.3 is 0 Å². The molecule has 0 amide bonds. The maximum Gasteiger partial charge on any atom is 0.299 e. The summed E-state index contributed by atoms with van der Waals surface area (Å²) in [6.45, 7) is 0. The first kappa shape index (κ1) is 7.87. The molecule has 1 aromatic rings. The van der Waals surface area contributed by atoms with Gasteiger partial charge in [-0.25, -0.2) is 0 Å². The Bertz CT molecular complexity index is 296. The van der Waals surface area contributed by atoms with Crippen LogP contribution in [0, 0.1) is 0 Å². The van der Waals surface area contributed by atoms with Crippen molar-refractivity contribution < 1.29 is 12.6 Å². The Balaban J connectivity index is 2.82. The van der Waals surface area contributed by atoms with Gasteiger partial charge < -0.3 is 9.92 Å². The van der Waals surface area contributed by atoms with Gasteiger partial charge in [0, 0.05) is 5.69 Å². The number of rotatable bonds is 2. The van der Waals surface area contributed by atoms with Crippen molar-refractivity contribution in [2.45, 2.75) is 0 Å². The van der Waals surface area contributed by atoms with Crippen molar-refractivity contribution in [3.63, 3.8) is 0 Å². The number of thiol groups is 1. The van der Waals surface area contributed by atoms with Gasteiger partial charge in [0.2, 0.25) is 0 Å². The van der Waals surface area contributed by atoms with Gasteiger partial charge in [0.15, 0.2) is 0 Å². The van der Waals surface area contributed by atoms with Gasteiger partial charge in [0.25, 0.3) is 11.0 Å². The van der Waals surface area contributed by atoms with Crippen molar-refractivity contribution in [1.82, 2.24) is 0 Å². The molecule has 1 aromatic carbocycles. The van der Waals surface area contributed by atoms with Crippen molar-refractivity contribution >= 4 is 16.7 Å². The highest BCUT2D eigenvalue weighted by molar-refractivity contribution is 7.67. The minimum absolute atomic E-state index is 0.273. The maximum absolute atomic E-state index is 10.0. The molecule has 0 saturated heterocycles. The number of anilines is 1. The topological polar surface area (TPSA) is 69.4 Å². The Morgan fingerprint density at radius 1 is 1.18 bits per heavy atom. The van der Waals surface area contributed by atoms with Crippen LogP contribution in [0.25, 0.3) is 0 Å². The fourth-order valence-corrected chi connectivity index (χ4v) is 0.909. The summed E-state index contributed by atoms with van der Waals surface area (Å²) in [7, 11) is -2.83. The number of benzene rings is 1. The fraction of sp³-hybridized carbons (Fsp3) is 0. The molecular weight excluding hydrogens is 166 g/mol. The minimum atomic E-state index is -2.83.